The maximum Gasteiger partial charge on any atom is 0.323 e. The molecule has 2 amide bonds. The molecule has 0 saturated carbocycles. The average Bonchev–Trinajstić information content (AvgIpc) is 2.57. The van der Waals surface area contributed by atoms with Crippen LogP contribution < -0.4 is 4.74 Å². The molecule has 7 heteroatoms. The Morgan fingerprint density at radius 2 is 2.08 bits per heavy atom. The van der Waals surface area contributed by atoms with Gasteiger partial charge in [0.15, 0.2) is 0 Å². The third-order valence-electron chi connectivity index (χ3n) is 3.90. The van der Waals surface area contributed by atoms with E-state index in [0.717, 1.165) is 5.57 Å². The number of carboxylic acids is 1. The van der Waals surface area contributed by atoms with Crippen LogP contribution in [0.4, 0.5) is 0 Å². The van der Waals surface area contributed by atoms with Crippen LogP contribution in [0, 0.1) is 0 Å². The van der Waals surface area contributed by atoms with E-state index in [1.807, 2.05) is 6.92 Å². The second-order valence-electron chi connectivity index (χ2n) is 6.10. The number of rotatable bonds is 6. The Labute approximate surface area is 146 Å². The van der Waals surface area contributed by atoms with Crippen molar-refractivity contribution in [3.8, 4) is 5.75 Å². The van der Waals surface area contributed by atoms with E-state index < -0.39 is 12.0 Å². The van der Waals surface area contributed by atoms with Crippen molar-refractivity contribution in [1.82, 2.24) is 9.80 Å². The Hall–Kier alpha value is -2.83. The summed E-state index contributed by atoms with van der Waals surface area (Å²) in [6.07, 6.45) is 0. The van der Waals surface area contributed by atoms with E-state index in [4.69, 9.17) is 9.84 Å². The number of benzene rings is 1. The minimum atomic E-state index is -1.07. The Morgan fingerprint density at radius 3 is 2.72 bits per heavy atom. The van der Waals surface area contributed by atoms with Crippen molar-refractivity contribution in [2.24, 2.45) is 0 Å². The monoisotopic (exact) mass is 346 g/mol. The Kier molecular flexibility index (Phi) is 5.80. The summed E-state index contributed by atoms with van der Waals surface area (Å²) < 4.78 is 5.54. The summed E-state index contributed by atoms with van der Waals surface area (Å²) in [4.78, 5) is 38.5. The number of carboxylic acid groups (broad SMARTS) is 1. The van der Waals surface area contributed by atoms with Gasteiger partial charge >= 0.3 is 5.97 Å². The normalized spacial score (nSPS) is 17.4. The van der Waals surface area contributed by atoms with E-state index in [9.17, 15) is 14.4 Å². The number of aliphatic carboxylic acids is 1. The largest absolute Gasteiger partial charge is 0.489 e. The van der Waals surface area contributed by atoms with Crippen LogP contribution >= 0.6 is 0 Å². The molecule has 7 nitrogen and oxygen atoms in total. The van der Waals surface area contributed by atoms with Crippen molar-refractivity contribution >= 4 is 17.8 Å². The third kappa shape index (κ3) is 4.59. The van der Waals surface area contributed by atoms with E-state index in [1.54, 1.807) is 31.2 Å². The lowest BCUT2D eigenvalue weighted by molar-refractivity contribution is -0.148. The van der Waals surface area contributed by atoms with Crippen molar-refractivity contribution in [1.29, 1.82) is 0 Å². The molecule has 1 aromatic carbocycles. The van der Waals surface area contributed by atoms with Crippen molar-refractivity contribution in [3.63, 3.8) is 0 Å². The second-order valence-corrected chi connectivity index (χ2v) is 6.10. The summed E-state index contributed by atoms with van der Waals surface area (Å²) in [5.74, 6) is -1.16. The minimum Gasteiger partial charge on any atom is -0.489 e. The van der Waals surface area contributed by atoms with Gasteiger partial charge in [0, 0.05) is 18.7 Å². The fourth-order valence-corrected chi connectivity index (χ4v) is 2.62. The Morgan fingerprint density at radius 1 is 1.36 bits per heavy atom. The summed E-state index contributed by atoms with van der Waals surface area (Å²) in [6.45, 7) is 7.71. The van der Waals surface area contributed by atoms with Crippen LogP contribution in [0.25, 0.3) is 0 Å². The molecule has 0 spiro atoms. The van der Waals surface area contributed by atoms with E-state index in [-0.39, 0.29) is 31.4 Å². The van der Waals surface area contributed by atoms with Crippen LogP contribution in [0.2, 0.25) is 0 Å². The van der Waals surface area contributed by atoms with Gasteiger partial charge in [0.25, 0.3) is 5.91 Å². The first kappa shape index (κ1) is 18.5. The highest BCUT2D eigenvalue weighted by Gasteiger charge is 2.35. The van der Waals surface area contributed by atoms with Crippen LogP contribution in [-0.4, -0.2) is 65.0 Å². The second kappa shape index (κ2) is 7.83. The summed E-state index contributed by atoms with van der Waals surface area (Å²) in [6, 6.07) is 6.05. The molecular weight excluding hydrogens is 324 g/mol. The lowest BCUT2D eigenvalue weighted by Crippen LogP contribution is -2.58. The van der Waals surface area contributed by atoms with E-state index in [0.29, 0.717) is 17.9 Å². The van der Waals surface area contributed by atoms with Gasteiger partial charge in [-0.05, 0) is 37.6 Å². The lowest BCUT2D eigenvalue weighted by atomic mass is 10.1. The minimum absolute atomic E-state index is 0.201. The molecule has 2 rings (SSSR count). The predicted molar refractivity (Wildman–Crippen MR) is 91.5 cm³/mol. The maximum absolute atomic E-state index is 12.7. The Balaban J connectivity index is 2.10. The molecule has 1 atom stereocenters. The highest BCUT2D eigenvalue weighted by Crippen LogP contribution is 2.19. The molecule has 0 unspecified atom stereocenters. The smallest absolute Gasteiger partial charge is 0.323 e. The number of ether oxygens (including phenoxy) is 1. The number of carbonyl (C=O) groups excluding carboxylic acids is 2. The molecule has 1 saturated heterocycles. The molecule has 0 bridgehead atoms. The molecule has 0 aliphatic carbocycles. The predicted octanol–water partition coefficient (Wildman–Crippen LogP) is 1.40. The van der Waals surface area contributed by atoms with Crippen molar-refractivity contribution in [2.75, 3.05) is 26.2 Å². The van der Waals surface area contributed by atoms with Gasteiger partial charge in [-0.25, -0.2) is 0 Å². The molecule has 25 heavy (non-hydrogen) atoms. The number of hydrogen-bond donors (Lipinski definition) is 1. The van der Waals surface area contributed by atoms with Gasteiger partial charge in [-0.1, -0.05) is 12.6 Å². The topological polar surface area (TPSA) is 87.2 Å². The van der Waals surface area contributed by atoms with Crippen LogP contribution in [0.5, 0.6) is 5.75 Å². The van der Waals surface area contributed by atoms with Gasteiger partial charge in [0.2, 0.25) is 5.91 Å². The number of carbonyl (C=O) groups is 3. The SMILES string of the molecule is C=C(C)COc1cccc(C(=O)N2CCN(CC(=O)O)C(=O)[C@H]2C)c1. The molecule has 0 radical (unpaired) electrons. The molecule has 1 heterocycles. The fourth-order valence-electron chi connectivity index (χ4n) is 2.62. The van der Waals surface area contributed by atoms with E-state index in [1.165, 1.54) is 9.80 Å². The first-order chi connectivity index (χ1) is 11.8. The molecule has 134 valence electrons. The van der Waals surface area contributed by atoms with Crippen molar-refractivity contribution in [3.05, 3.63) is 42.0 Å². The molecule has 0 aromatic heterocycles. The number of piperazine rings is 1. The molecule has 1 N–H and O–H groups in total. The zero-order valence-electron chi connectivity index (χ0n) is 14.4. The van der Waals surface area contributed by atoms with Gasteiger partial charge in [0.05, 0.1) is 0 Å². The van der Waals surface area contributed by atoms with Crippen LogP contribution in [0.15, 0.2) is 36.4 Å². The Bertz CT molecular complexity index is 700. The van der Waals surface area contributed by atoms with Crippen LogP contribution in [0.3, 0.4) is 0 Å². The summed E-state index contributed by atoms with van der Waals surface area (Å²) in [5, 5.41) is 8.85. The molecule has 1 aromatic rings. The number of amides is 2. The lowest BCUT2D eigenvalue weighted by Gasteiger charge is -2.38. The van der Waals surface area contributed by atoms with E-state index >= 15 is 0 Å². The zero-order chi connectivity index (χ0) is 18.6. The maximum atomic E-state index is 12.7. The van der Waals surface area contributed by atoms with Gasteiger partial charge in [-0.2, -0.15) is 0 Å². The zero-order valence-corrected chi connectivity index (χ0v) is 14.4. The van der Waals surface area contributed by atoms with Gasteiger partial charge in [-0.3, -0.25) is 14.4 Å². The highest BCUT2D eigenvalue weighted by atomic mass is 16.5. The van der Waals surface area contributed by atoms with Crippen LogP contribution in [0.1, 0.15) is 24.2 Å². The van der Waals surface area contributed by atoms with Gasteiger partial charge in [-0.15, -0.1) is 0 Å². The van der Waals surface area contributed by atoms with E-state index in [2.05, 4.69) is 6.58 Å². The molecule has 1 aliphatic heterocycles. The fraction of sp³-hybridized carbons (Fsp3) is 0.389. The summed E-state index contributed by atoms with van der Waals surface area (Å²) >= 11 is 0. The summed E-state index contributed by atoms with van der Waals surface area (Å²) in [5.41, 5.74) is 1.29. The quantitative estimate of drug-likeness (QED) is 0.787. The number of nitrogens with zero attached hydrogens (tertiary/aromatic N) is 2. The highest BCUT2D eigenvalue weighted by molar-refractivity contribution is 5.98. The first-order valence-corrected chi connectivity index (χ1v) is 7.98. The molecule has 1 aliphatic rings. The first-order valence-electron chi connectivity index (χ1n) is 7.98. The molecular formula is C18H22N2O5. The summed E-state index contributed by atoms with van der Waals surface area (Å²) in [7, 11) is 0. The van der Waals surface area contributed by atoms with Gasteiger partial charge in [0.1, 0.15) is 24.9 Å². The van der Waals surface area contributed by atoms with Crippen molar-refractivity contribution in [2.45, 2.75) is 19.9 Å². The van der Waals surface area contributed by atoms with Gasteiger partial charge < -0.3 is 19.6 Å². The molecule has 1 fully saturated rings. The average molecular weight is 346 g/mol. The van der Waals surface area contributed by atoms with Crippen molar-refractivity contribution < 1.29 is 24.2 Å². The third-order valence-corrected chi connectivity index (χ3v) is 3.90. The number of hydrogen-bond acceptors (Lipinski definition) is 4. The van der Waals surface area contributed by atoms with Crippen LogP contribution in [-0.2, 0) is 9.59 Å². The standard InChI is InChI=1S/C18H22N2O5/c1-12(2)11-25-15-6-4-5-14(9-15)18(24)20-8-7-19(10-16(21)22)17(23)13(20)3/h4-6,9,13H,1,7-8,10-11H2,2-3H3,(H,21,22)/t13-/m1/s1.